The van der Waals surface area contributed by atoms with E-state index in [0.717, 1.165) is 45.1 Å². The second-order valence-electron chi connectivity index (χ2n) is 7.39. The summed E-state index contributed by atoms with van der Waals surface area (Å²) >= 11 is 5.50. The molecule has 2 aliphatic rings. The van der Waals surface area contributed by atoms with Crippen molar-refractivity contribution >= 4 is 23.3 Å². The van der Waals surface area contributed by atoms with E-state index in [4.69, 9.17) is 17.0 Å². The van der Waals surface area contributed by atoms with Crippen LogP contribution in [0.4, 0.5) is 4.79 Å². The summed E-state index contributed by atoms with van der Waals surface area (Å²) in [5, 5.41) is 3.78. The minimum absolute atomic E-state index is 0.0367. The van der Waals surface area contributed by atoms with Gasteiger partial charge < -0.3 is 15.0 Å². The van der Waals surface area contributed by atoms with Gasteiger partial charge in [0.25, 0.3) is 0 Å². The average Bonchev–Trinajstić information content (AvgIpc) is 3.17. The number of ether oxygens (including phenoxy) is 1. The summed E-state index contributed by atoms with van der Waals surface area (Å²) in [6, 6.07) is 10.7. The van der Waals surface area contributed by atoms with Crippen molar-refractivity contribution in [1.82, 2.24) is 10.2 Å². The van der Waals surface area contributed by atoms with Gasteiger partial charge in [0, 0.05) is 12.6 Å². The van der Waals surface area contributed by atoms with Crippen molar-refractivity contribution in [1.29, 1.82) is 0 Å². The van der Waals surface area contributed by atoms with Crippen molar-refractivity contribution in [3.05, 3.63) is 35.9 Å². The van der Waals surface area contributed by atoms with Crippen LogP contribution < -0.4 is 5.32 Å². The van der Waals surface area contributed by atoms with Gasteiger partial charge in [0.1, 0.15) is 6.04 Å². The normalized spacial score (nSPS) is 20.8. The molecule has 0 radical (unpaired) electrons. The van der Waals surface area contributed by atoms with E-state index in [1.807, 2.05) is 11.0 Å². The molecule has 1 atom stereocenters. The molecule has 1 heterocycles. The van der Waals surface area contributed by atoms with E-state index in [1.165, 1.54) is 24.8 Å². The van der Waals surface area contributed by atoms with E-state index in [-0.39, 0.29) is 12.1 Å². The molecule has 26 heavy (non-hydrogen) atoms. The van der Waals surface area contributed by atoms with Crippen LogP contribution in [0.5, 0.6) is 0 Å². The van der Waals surface area contributed by atoms with Crippen LogP contribution >= 0.6 is 12.2 Å². The maximum absolute atomic E-state index is 12.6. The fourth-order valence-corrected chi connectivity index (χ4v) is 4.28. The predicted molar refractivity (Wildman–Crippen MR) is 108 cm³/mol. The molecule has 0 bridgehead atoms. The lowest BCUT2D eigenvalue weighted by molar-refractivity contribution is 0.187. The number of aryl methyl sites for hydroxylation is 1. The Balaban J connectivity index is 1.41. The molecule has 2 fully saturated rings. The van der Waals surface area contributed by atoms with Gasteiger partial charge in [0.05, 0.1) is 6.61 Å². The van der Waals surface area contributed by atoms with E-state index in [1.54, 1.807) is 0 Å². The zero-order chi connectivity index (χ0) is 18.2. The second-order valence-corrected chi connectivity index (χ2v) is 7.79. The molecule has 1 aliphatic heterocycles. The van der Waals surface area contributed by atoms with Crippen molar-refractivity contribution in [2.45, 2.75) is 69.9 Å². The van der Waals surface area contributed by atoms with Gasteiger partial charge in [-0.05, 0) is 56.3 Å². The smallest absolute Gasteiger partial charge is 0.318 e. The topological polar surface area (TPSA) is 41.6 Å². The fraction of sp³-hybridized carbons (Fsp3) is 0.619. The highest BCUT2D eigenvalue weighted by molar-refractivity contribution is 7.80. The summed E-state index contributed by atoms with van der Waals surface area (Å²) < 4.78 is 5.83. The number of amides is 2. The number of carbonyl (C=O) groups excluding carboxylic acids is 1. The SMILES string of the molecule is O=C(NC1CCCCC1)N1CCC[C@H]1C(=S)OCCCc1ccccc1. The first-order valence-electron chi connectivity index (χ1n) is 10.0. The molecule has 5 heteroatoms. The van der Waals surface area contributed by atoms with E-state index in [0.29, 0.717) is 17.7 Å². The van der Waals surface area contributed by atoms with Crippen LogP contribution in [0, 0.1) is 0 Å². The molecule has 3 rings (SSSR count). The Labute approximate surface area is 162 Å². The number of rotatable bonds is 6. The van der Waals surface area contributed by atoms with Gasteiger partial charge in [-0.1, -0.05) is 49.6 Å². The second kappa shape index (κ2) is 9.91. The minimum atomic E-state index is -0.0506. The number of nitrogens with zero attached hydrogens (tertiary/aromatic N) is 1. The predicted octanol–water partition coefficient (Wildman–Crippen LogP) is 4.47. The molecule has 1 N–H and O–H groups in total. The zero-order valence-electron chi connectivity index (χ0n) is 15.5. The third-order valence-corrected chi connectivity index (χ3v) is 5.81. The maximum atomic E-state index is 12.6. The summed E-state index contributed by atoms with van der Waals surface area (Å²) in [5.74, 6) is 0. The van der Waals surface area contributed by atoms with E-state index in [9.17, 15) is 4.79 Å². The van der Waals surface area contributed by atoms with Crippen LogP contribution in [0.1, 0.15) is 56.9 Å². The standard InChI is InChI=1S/C21H30N2O2S/c24-21(22-18-12-5-2-6-13-18)23-15-7-14-19(23)20(26)25-16-8-11-17-9-3-1-4-10-17/h1,3-4,9-10,18-19H,2,5-8,11-16H2,(H,22,24)/t19-/m0/s1. The summed E-state index contributed by atoms with van der Waals surface area (Å²) in [7, 11) is 0. The molecule has 1 saturated carbocycles. The van der Waals surface area contributed by atoms with Crippen molar-refractivity contribution in [3.8, 4) is 0 Å². The van der Waals surface area contributed by atoms with E-state index < -0.39 is 0 Å². The monoisotopic (exact) mass is 374 g/mol. The van der Waals surface area contributed by atoms with Crippen LogP contribution in [-0.2, 0) is 11.2 Å². The number of hydrogen-bond donors (Lipinski definition) is 1. The summed E-state index contributed by atoms with van der Waals surface area (Å²) in [6.45, 7) is 1.39. The first kappa shape index (κ1) is 19.2. The highest BCUT2D eigenvalue weighted by Crippen LogP contribution is 2.22. The fourth-order valence-electron chi connectivity index (χ4n) is 3.95. The highest BCUT2D eigenvalue weighted by atomic mass is 32.1. The summed E-state index contributed by atoms with van der Waals surface area (Å²) in [5.41, 5.74) is 1.32. The molecule has 1 saturated heterocycles. The molecule has 1 aliphatic carbocycles. The third-order valence-electron chi connectivity index (χ3n) is 5.42. The van der Waals surface area contributed by atoms with Gasteiger partial charge in [-0.2, -0.15) is 0 Å². The summed E-state index contributed by atoms with van der Waals surface area (Å²) in [4.78, 5) is 14.5. The molecular weight excluding hydrogens is 344 g/mol. The number of nitrogens with one attached hydrogen (secondary N) is 1. The quantitative estimate of drug-likeness (QED) is 0.590. The largest absolute Gasteiger partial charge is 0.485 e. The Morgan fingerprint density at radius 2 is 1.88 bits per heavy atom. The van der Waals surface area contributed by atoms with E-state index >= 15 is 0 Å². The van der Waals surface area contributed by atoms with Gasteiger partial charge in [0.15, 0.2) is 5.05 Å². The summed E-state index contributed by atoms with van der Waals surface area (Å²) in [6.07, 6.45) is 9.76. The Morgan fingerprint density at radius 1 is 1.12 bits per heavy atom. The van der Waals surface area contributed by atoms with Crippen molar-refractivity contribution in [2.24, 2.45) is 0 Å². The van der Waals surface area contributed by atoms with Crippen LogP contribution in [0.3, 0.4) is 0 Å². The zero-order valence-corrected chi connectivity index (χ0v) is 16.3. The minimum Gasteiger partial charge on any atom is -0.485 e. The maximum Gasteiger partial charge on any atom is 0.318 e. The molecule has 2 amide bonds. The van der Waals surface area contributed by atoms with E-state index in [2.05, 4.69) is 29.6 Å². The molecule has 0 aromatic heterocycles. The lowest BCUT2D eigenvalue weighted by atomic mass is 9.96. The van der Waals surface area contributed by atoms with Gasteiger partial charge >= 0.3 is 6.03 Å². The van der Waals surface area contributed by atoms with Gasteiger partial charge in [0.2, 0.25) is 0 Å². The number of carbonyl (C=O) groups is 1. The van der Waals surface area contributed by atoms with Crippen LogP contribution in [0.25, 0.3) is 0 Å². The van der Waals surface area contributed by atoms with Crippen molar-refractivity contribution < 1.29 is 9.53 Å². The lowest BCUT2D eigenvalue weighted by Gasteiger charge is -2.29. The number of hydrogen-bond acceptors (Lipinski definition) is 3. The first-order chi connectivity index (χ1) is 12.7. The molecule has 0 unspecified atom stereocenters. The number of thiocarbonyl (C=S) groups is 1. The van der Waals surface area contributed by atoms with Gasteiger partial charge in [-0.25, -0.2) is 4.79 Å². The number of likely N-dealkylation sites (tertiary alicyclic amines) is 1. The van der Waals surface area contributed by atoms with Crippen molar-refractivity contribution in [2.75, 3.05) is 13.2 Å². The molecule has 1 aromatic rings. The van der Waals surface area contributed by atoms with Crippen LogP contribution in [-0.4, -0.2) is 41.2 Å². The van der Waals surface area contributed by atoms with Crippen LogP contribution in [0.15, 0.2) is 30.3 Å². The Kier molecular flexibility index (Phi) is 7.30. The van der Waals surface area contributed by atoms with Gasteiger partial charge in [-0.15, -0.1) is 0 Å². The van der Waals surface area contributed by atoms with Gasteiger partial charge in [-0.3, -0.25) is 0 Å². The molecule has 1 aromatic carbocycles. The molecule has 0 spiro atoms. The number of urea groups is 1. The number of benzene rings is 1. The molecular formula is C21H30N2O2S. The first-order valence-corrected chi connectivity index (χ1v) is 10.4. The third kappa shape index (κ3) is 5.44. The highest BCUT2D eigenvalue weighted by Gasteiger charge is 2.33. The molecule has 4 nitrogen and oxygen atoms in total. The molecule has 142 valence electrons. The Bertz CT molecular complexity index is 587. The van der Waals surface area contributed by atoms with Crippen LogP contribution in [0.2, 0.25) is 0 Å². The Morgan fingerprint density at radius 3 is 2.65 bits per heavy atom. The lowest BCUT2D eigenvalue weighted by Crippen LogP contribution is -2.49. The Hall–Kier alpha value is -1.62. The van der Waals surface area contributed by atoms with Crippen molar-refractivity contribution in [3.63, 3.8) is 0 Å². The average molecular weight is 375 g/mol.